The number of ketones is 1. The van der Waals surface area contributed by atoms with Gasteiger partial charge in [0.05, 0.1) is 24.2 Å². The topological polar surface area (TPSA) is 38.8 Å². The highest BCUT2D eigenvalue weighted by atomic mass is 79.9. The van der Waals surface area contributed by atoms with Crippen molar-refractivity contribution in [3.8, 4) is 0 Å². The van der Waals surface area contributed by atoms with E-state index in [1.807, 2.05) is 0 Å². The van der Waals surface area contributed by atoms with Crippen molar-refractivity contribution in [3.05, 3.63) is 10.6 Å². The molecule has 0 aromatic heterocycles. The molecule has 2 heterocycles. The van der Waals surface area contributed by atoms with Crippen LogP contribution in [-0.2, 0) is 14.3 Å². The van der Waals surface area contributed by atoms with Gasteiger partial charge in [0.1, 0.15) is 0 Å². The van der Waals surface area contributed by atoms with E-state index in [1.165, 1.54) is 0 Å². The molecule has 0 radical (unpaired) electrons. The predicted octanol–water partition coefficient (Wildman–Crippen LogP) is 2.44. The first kappa shape index (κ1) is 11.6. The van der Waals surface area contributed by atoms with E-state index in [1.54, 1.807) is 0 Å². The van der Waals surface area contributed by atoms with Crippen molar-refractivity contribution < 1.29 is 14.3 Å². The predicted molar refractivity (Wildman–Crippen MR) is 69.4 cm³/mol. The van der Waals surface area contributed by atoms with E-state index in [9.17, 15) is 4.79 Å². The summed E-state index contributed by atoms with van der Waals surface area (Å²) in [5, 5.41) is 0. The van der Waals surface area contributed by atoms with Crippen LogP contribution in [0.2, 0.25) is 0 Å². The number of Topliss-reactive ketones (excluding diaryl/α,β-unsaturated/α-hetero) is 1. The van der Waals surface area contributed by atoms with Crippen LogP contribution in [0.25, 0.3) is 0 Å². The lowest BCUT2D eigenvalue weighted by atomic mass is 9.52. The summed E-state index contributed by atoms with van der Waals surface area (Å²) in [4.78, 5) is 12.8. The third-order valence-corrected chi connectivity index (χ3v) is 6.02. The van der Waals surface area contributed by atoms with Crippen molar-refractivity contribution in [3.63, 3.8) is 0 Å². The fraction of sp³-hybridized carbons (Fsp3) is 0.786. The molecular formula is C14H17BrO3. The number of carbonyl (C=O) groups is 1. The summed E-state index contributed by atoms with van der Waals surface area (Å²) in [6.45, 7) is 5.34. The normalized spacial score (nSPS) is 52.2. The van der Waals surface area contributed by atoms with Gasteiger partial charge in [0.2, 0.25) is 0 Å². The summed E-state index contributed by atoms with van der Waals surface area (Å²) < 4.78 is 12.7. The summed E-state index contributed by atoms with van der Waals surface area (Å²) in [6.07, 6.45) is 4.13. The van der Waals surface area contributed by atoms with Crippen LogP contribution in [0.3, 0.4) is 0 Å². The molecule has 0 N–H and O–H groups in total. The molecule has 2 saturated heterocycles. The van der Waals surface area contributed by atoms with Crippen molar-refractivity contribution in [2.75, 3.05) is 13.2 Å². The van der Waals surface area contributed by atoms with Crippen LogP contribution in [0.5, 0.6) is 0 Å². The van der Waals surface area contributed by atoms with E-state index in [-0.39, 0.29) is 17.3 Å². The third-order valence-electron chi connectivity index (χ3n) is 5.24. The van der Waals surface area contributed by atoms with Crippen molar-refractivity contribution in [1.82, 2.24) is 0 Å². The van der Waals surface area contributed by atoms with E-state index in [0.717, 1.165) is 17.3 Å². The zero-order valence-electron chi connectivity index (χ0n) is 10.7. The van der Waals surface area contributed by atoms with Gasteiger partial charge >= 0.3 is 0 Å². The molecule has 4 heteroatoms. The van der Waals surface area contributed by atoms with Crippen LogP contribution in [0.1, 0.15) is 26.7 Å². The Kier molecular flexibility index (Phi) is 2.00. The lowest BCUT2D eigenvalue weighted by molar-refractivity contribution is -0.175. The van der Waals surface area contributed by atoms with E-state index in [2.05, 4.69) is 35.9 Å². The summed E-state index contributed by atoms with van der Waals surface area (Å²) in [6, 6.07) is 0. The molecule has 3 aliphatic carbocycles. The molecule has 18 heavy (non-hydrogen) atoms. The molecule has 0 aromatic carbocycles. The number of hydrogen-bond donors (Lipinski definition) is 0. The fourth-order valence-electron chi connectivity index (χ4n) is 4.16. The maximum atomic E-state index is 12.8. The Morgan fingerprint density at radius 2 is 2.06 bits per heavy atom. The first-order valence-electron chi connectivity index (χ1n) is 6.61. The van der Waals surface area contributed by atoms with Gasteiger partial charge in [0.25, 0.3) is 0 Å². The number of ether oxygens (including phenoxy) is 2. The number of halogens is 1. The zero-order chi connectivity index (χ0) is 12.8. The molecule has 5 aliphatic rings. The summed E-state index contributed by atoms with van der Waals surface area (Å²) in [5.74, 6) is 0.926. The highest BCUT2D eigenvalue weighted by Crippen LogP contribution is 2.64. The Labute approximate surface area is 115 Å². The second kappa shape index (κ2) is 3.10. The van der Waals surface area contributed by atoms with Gasteiger partial charge in [-0.15, -0.1) is 0 Å². The molecule has 2 bridgehead atoms. The van der Waals surface area contributed by atoms with Gasteiger partial charge in [-0.05, 0) is 37.1 Å². The van der Waals surface area contributed by atoms with E-state index in [0.29, 0.717) is 19.1 Å². The van der Waals surface area contributed by atoms with Crippen molar-refractivity contribution >= 4 is 21.7 Å². The lowest BCUT2D eigenvalue weighted by Gasteiger charge is -2.56. The monoisotopic (exact) mass is 312 g/mol. The molecule has 3 nitrogen and oxygen atoms in total. The maximum Gasteiger partial charge on any atom is 0.180 e. The maximum absolute atomic E-state index is 12.8. The third kappa shape index (κ3) is 1.20. The van der Waals surface area contributed by atoms with Crippen LogP contribution >= 0.6 is 15.9 Å². The van der Waals surface area contributed by atoms with Crippen LogP contribution < -0.4 is 0 Å². The summed E-state index contributed by atoms with van der Waals surface area (Å²) >= 11 is 3.65. The van der Waals surface area contributed by atoms with Gasteiger partial charge in [-0.2, -0.15) is 0 Å². The Bertz CT molecular complexity index is 477. The average molecular weight is 313 g/mol. The minimum absolute atomic E-state index is 0.106. The minimum atomic E-state index is -0.505. The Morgan fingerprint density at radius 3 is 2.72 bits per heavy atom. The fourth-order valence-corrected chi connectivity index (χ4v) is 5.12. The Hall–Kier alpha value is -0.190. The smallest absolute Gasteiger partial charge is 0.180 e. The quantitative estimate of drug-likeness (QED) is 0.645. The van der Waals surface area contributed by atoms with Crippen LogP contribution in [0, 0.1) is 17.3 Å². The SMILES string of the molecule is CC1(C)CC2CC3C(Br)=CC2(CO1)C(=O)[C@@]31CO1. The minimum Gasteiger partial charge on any atom is -0.374 e. The van der Waals surface area contributed by atoms with Gasteiger partial charge in [-0.1, -0.05) is 22.0 Å². The zero-order valence-corrected chi connectivity index (χ0v) is 12.2. The van der Waals surface area contributed by atoms with Gasteiger partial charge in [-0.3, -0.25) is 4.79 Å². The number of rotatable bonds is 0. The molecule has 3 unspecified atom stereocenters. The highest BCUT2D eigenvalue weighted by Gasteiger charge is 2.72. The molecular weight excluding hydrogens is 296 g/mol. The van der Waals surface area contributed by atoms with Crippen LogP contribution in [-0.4, -0.2) is 30.2 Å². The second-order valence-corrected chi connectivity index (χ2v) is 7.73. The van der Waals surface area contributed by atoms with Gasteiger partial charge in [0, 0.05) is 5.92 Å². The van der Waals surface area contributed by atoms with Crippen LogP contribution in [0.4, 0.5) is 0 Å². The van der Waals surface area contributed by atoms with E-state index in [4.69, 9.17) is 9.47 Å². The molecule has 3 fully saturated rings. The van der Waals surface area contributed by atoms with Crippen molar-refractivity contribution in [2.45, 2.75) is 37.9 Å². The lowest BCUT2D eigenvalue weighted by Crippen LogP contribution is -2.63. The van der Waals surface area contributed by atoms with Gasteiger partial charge in [0.15, 0.2) is 11.4 Å². The van der Waals surface area contributed by atoms with Crippen molar-refractivity contribution in [1.29, 1.82) is 0 Å². The molecule has 4 atom stereocenters. The Morgan fingerprint density at radius 1 is 1.33 bits per heavy atom. The van der Waals surface area contributed by atoms with Crippen molar-refractivity contribution in [2.24, 2.45) is 17.3 Å². The Balaban J connectivity index is 1.82. The molecule has 2 spiro atoms. The molecule has 1 saturated carbocycles. The summed E-state index contributed by atoms with van der Waals surface area (Å²) in [7, 11) is 0. The number of hydrogen-bond acceptors (Lipinski definition) is 3. The summed E-state index contributed by atoms with van der Waals surface area (Å²) in [5.41, 5.74) is -1.04. The van der Waals surface area contributed by atoms with E-state index < -0.39 is 11.0 Å². The molecule has 5 rings (SSSR count). The first-order chi connectivity index (χ1) is 8.40. The number of epoxide rings is 1. The second-order valence-electron chi connectivity index (χ2n) is 6.81. The van der Waals surface area contributed by atoms with Crippen LogP contribution in [0.15, 0.2) is 10.6 Å². The highest BCUT2D eigenvalue weighted by molar-refractivity contribution is 9.11. The van der Waals surface area contributed by atoms with Gasteiger partial charge in [-0.25, -0.2) is 0 Å². The molecule has 98 valence electrons. The van der Waals surface area contributed by atoms with E-state index >= 15 is 0 Å². The molecule has 0 aromatic rings. The first-order valence-corrected chi connectivity index (χ1v) is 7.40. The average Bonchev–Trinajstić information content (AvgIpc) is 3.06. The van der Waals surface area contributed by atoms with Gasteiger partial charge < -0.3 is 9.47 Å². The molecule has 2 aliphatic heterocycles. The largest absolute Gasteiger partial charge is 0.374 e. The number of carbonyl (C=O) groups excluding carboxylic acids is 1. The standard InChI is InChI=1S/C14H17BrO3/c1-12(2)4-8-3-9-10(15)5-13(8,6-17-12)11(16)14(9)7-18-14/h5,8-9H,3-4,6-7H2,1-2H3/t8?,9?,13?,14-/m1/s1. The molecule has 0 amide bonds.